The third-order valence-electron chi connectivity index (χ3n) is 5.23. The average Bonchev–Trinajstić information content (AvgIpc) is 3.21. The molecule has 28 heavy (non-hydrogen) atoms. The van der Waals surface area contributed by atoms with Crippen molar-refractivity contribution in [1.82, 2.24) is 4.90 Å². The van der Waals surface area contributed by atoms with Crippen LogP contribution in [0.25, 0.3) is 0 Å². The number of ether oxygens (including phenoxy) is 1. The van der Waals surface area contributed by atoms with Crippen molar-refractivity contribution in [2.45, 2.75) is 25.8 Å². The normalized spacial score (nSPS) is 16.6. The van der Waals surface area contributed by atoms with Crippen molar-refractivity contribution in [2.75, 3.05) is 43.1 Å². The van der Waals surface area contributed by atoms with Crippen molar-refractivity contribution < 1.29 is 14.3 Å². The Balaban J connectivity index is 1.27. The molecule has 0 bridgehead atoms. The number of benzene rings is 1. The predicted molar refractivity (Wildman–Crippen MR) is 111 cm³/mol. The number of fused-ring (bicyclic) bond motifs is 1. The van der Waals surface area contributed by atoms with E-state index in [1.54, 1.807) is 11.3 Å². The molecule has 1 aromatic heterocycles. The third-order valence-corrected chi connectivity index (χ3v) is 6.26. The summed E-state index contributed by atoms with van der Waals surface area (Å²) in [5.74, 6) is -0.0743. The predicted octanol–water partition coefficient (Wildman–Crippen LogP) is 2.89. The monoisotopic (exact) mass is 399 g/mol. The highest BCUT2D eigenvalue weighted by atomic mass is 32.1. The van der Waals surface area contributed by atoms with Crippen LogP contribution in [0.15, 0.2) is 35.7 Å². The molecule has 148 valence electrons. The zero-order chi connectivity index (χ0) is 19.3. The molecule has 0 atom stereocenters. The number of rotatable bonds is 5. The molecule has 2 aliphatic heterocycles. The molecule has 0 spiro atoms. The highest BCUT2D eigenvalue weighted by Crippen LogP contribution is 2.25. The summed E-state index contributed by atoms with van der Waals surface area (Å²) in [7, 11) is 0. The Morgan fingerprint density at radius 3 is 2.82 bits per heavy atom. The molecule has 1 fully saturated rings. The van der Waals surface area contributed by atoms with Gasteiger partial charge in [-0.05, 0) is 41.6 Å². The van der Waals surface area contributed by atoms with E-state index in [0.29, 0.717) is 6.54 Å². The van der Waals surface area contributed by atoms with E-state index < -0.39 is 0 Å². The van der Waals surface area contributed by atoms with Gasteiger partial charge in [-0.25, -0.2) is 0 Å². The Labute approximate surface area is 169 Å². The van der Waals surface area contributed by atoms with Gasteiger partial charge < -0.3 is 19.9 Å². The van der Waals surface area contributed by atoms with Crippen molar-refractivity contribution >= 4 is 34.5 Å². The number of nitrogens with zero attached hydrogens (tertiary/aromatic N) is 2. The summed E-state index contributed by atoms with van der Waals surface area (Å²) in [5, 5.41) is 5.01. The van der Waals surface area contributed by atoms with Crippen LogP contribution in [0.5, 0.6) is 0 Å². The summed E-state index contributed by atoms with van der Waals surface area (Å²) < 4.78 is 5.39. The van der Waals surface area contributed by atoms with Gasteiger partial charge in [0.2, 0.25) is 11.8 Å². The van der Waals surface area contributed by atoms with Crippen LogP contribution in [0.1, 0.15) is 23.3 Å². The summed E-state index contributed by atoms with van der Waals surface area (Å²) >= 11 is 1.76. The number of amides is 2. The van der Waals surface area contributed by atoms with Crippen molar-refractivity contribution in [3.8, 4) is 0 Å². The van der Waals surface area contributed by atoms with Crippen LogP contribution in [0, 0.1) is 0 Å². The Morgan fingerprint density at radius 2 is 1.96 bits per heavy atom. The van der Waals surface area contributed by atoms with Crippen LogP contribution in [-0.2, 0) is 27.3 Å². The maximum atomic E-state index is 12.5. The van der Waals surface area contributed by atoms with Crippen LogP contribution >= 0.6 is 11.3 Å². The van der Waals surface area contributed by atoms with Gasteiger partial charge in [-0.15, -0.1) is 11.3 Å². The minimum atomic E-state index is -0.124. The van der Waals surface area contributed by atoms with Crippen LogP contribution in [0.4, 0.5) is 11.4 Å². The maximum Gasteiger partial charge on any atom is 0.224 e. The van der Waals surface area contributed by atoms with E-state index in [0.717, 1.165) is 50.6 Å². The fraction of sp³-hybridized carbons (Fsp3) is 0.429. The lowest BCUT2D eigenvalue weighted by molar-refractivity contribution is -0.133. The molecule has 0 saturated carbocycles. The molecule has 0 aliphatic carbocycles. The topological polar surface area (TPSA) is 61.9 Å². The summed E-state index contributed by atoms with van der Waals surface area (Å²) in [6, 6.07) is 9.94. The zero-order valence-corrected chi connectivity index (χ0v) is 16.7. The number of hydrogen-bond acceptors (Lipinski definition) is 5. The first-order valence-electron chi connectivity index (χ1n) is 9.75. The first-order valence-corrected chi connectivity index (χ1v) is 10.6. The number of carbonyl (C=O) groups is 2. The molecule has 1 saturated heterocycles. The molecule has 2 amide bonds. The summed E-state index contributed by atoms with van der Waals surface area (Å²) in [4.78, 5) is 30.3. The van der Waals surface area contributed by atoms with E-state index in [1.807, 2.05) is 29.2 Å². The maximum absolute atomic E-state index is 12.5. The van der Waals surface area contributed by atoms with E-state index in [-0.39, 0.29) is 24.7 Å². The molecular formula is C21H25N3O3S. The smallest absolute Gasteiger partial charge is 0.224 e. The van der Waals surface area contributed by atoms with Crippen LogP contribution in [-0.4, -0.2) is 49.6 Å². The molecule has 0 radical (unpaired) electrons. The van der Waals surface area contributed by atoms with E-state index in [9.17, 15) is 9.59 Å². The molecule has 7 heteroatoms. The Morgan fingerprint density at radius 1 is 1.11 bits per heavy atom. The minimum absolute atomic E-state index is 0.0501. The number of hydrogen-bond donors (Lipinski definition) is 1. The summed E-state index contributed by atoms with van der Waals surface area (Å²) in [5.41, 5.74) is 3.09. The van der Waals surface area contributed by atoms with Gasteiger partial charge in [-0.3, -0.25) is 9.59 Å². The minimum Gasteiger partial charge on any atom is -0.378 e. The van der Waals surface area contributed by atoms with Crippen molar-refractivity contribution in [3.05, 3.63) is 46.2 Å². The molecule has 6 nitrogen and oxygen atoms in total. The van der Waals surface area contributed by atoms with Crippen molar-refractivity contribution in [3.63, 3.8) is 0 Å². The number of carbonyl (C=O) groups excluding carboxylic acids is 2. The molecule has 1 aromatic carbocycles. The van der Waals surface area contributed by atoms with Crippen LogP contribution < -0.4 is 10.2 Å². The highest BCUT2D eigenvalue weighted by molar-refractivity contribution is 7.10. The average molecular weight is 400 g/mol. The summed E-state index contributed by atoms with van der Waals surface area (Å²) in [6.07, 6.45) is 1.36. The second-order valence-electron chi connectivity index (χ2n) is 7.13. The lowest BCUT2D eigenvalue weighted by Crippen LogP contribution is -2.36. The molecular weight excluding hydrogens is 374 g/mol. The fourth-order valence-electron chi connectivity index (χ4n) is 3.67. The quantitative estimate of drug-likeness (QED) is 0.840. The lowest BCUT2D eigenvalue weighted by Gasteiger charge is -2.29. The largest absolute Gasteiger partial charge is 0.378 e. The Hall–Kier alpha value is -2.38. The fourth-order valence-corrected chi connectivity index (χ4v) is 4.56. The Kier molecular flexibility index (Phi) is 5.92. The number of morpholine rings is 1. The van der Waals surface area contributed by atoms with E-state index in [1.165, 1.54) is 10.4 Å². The number of nitrogens with one attached hydrogen (secondary N) is 1. The van der Waals surface area contributed by atoms with Gasteiger partial charge >= 0.3 is 0 Å². The SMILES string of the molecule is O=C(CCC(=O)N1CCc2sccc2C1)Nc1cccc(N2CCOCC2)c1. The van der Waals surface area contributed by atoms with Gasteiger partial charge in [0.15, 0.2) is 0 Å². The molecule has 1 N–H and O–H groups in total. The third kappa shape index (κ3) is 4.54. The molecule has 4 rings (SSSR count). The van der Waals surface area contributed by atoms with Gasteiger partial charge in [0.25, 0.3) is 0 Å². The van der Waals surface area contributed by atoms with E-state index in [2.05, 4.69) is 21.7 Å². The number of thiophene rings is 1. The summed E-state index contributed by atoms with van der Waals surface area (Å²) in [6.45, 7) is 4.57. The first-order chi connectivity index (χ1) is 13.7. The van der Waals surface area contributed by atoms with E-state index in [4.69, 9.17) is 4.74 Å². The van der Waals surface area contributed by atoms with E-state index >= 15 is 0 Å². The molecule has 2 aliphatic rings. The molecule has 0 unspecified atom stereocenters. The van der Waals surface area contributed by atoms with Gasteiger partial charge in [0, 0.05) is 55.3 Å². The van der Waals surface area contributed by atoms with Crippen LogP contribution in [0.3, 0.4) is 0 Å². The van der Waals surface area contributed by atoms with Crippen LogP contribution in [0.2, 0.25) is 0 Å². The van der Waals surface area contributed by atoms with Gasteiger partial charge in [0.05, 0.1) is 13.2 Å². The highest BCUT2D eigenvalue weighted by Gasteiger charge is 2.21. The number of anilines is 2. The van der Waals surface area contributed by atoms with Crippen molar-refractivity contribution in [1.29, 1.82) is 0 Å². The zero-order valence-electron chi connectivity index (χ0n) is 15.9. The Bertz CT molecular complexity index is 845. The second kappa shape index (κ2) is 8.75. The second-order valence-corrected chi connectivity index (χ2v) is 8.13. The first kappa shape index (κ1) is 19.0. The van der Waals surface area contributed by atoms with Gasteiger partial charge in [0.1, 0.15) is 0 Å². The van der Waals surface area contributed by atoms with Gasteiger partial charge in [-0.1, -0.05) is 6.07 Å². The van der Waals surface area contributed by atoms with Gasteiger partial charge in [-0.2, -0.15) is 0 Å². The standard InChI is InChI=1S/C21H25N3O3S/c25-20(4-5-21(26)24-8-6-19-16(15-24)7-13-28-19)22-17-2-1-3-18(14-17)23-9-11-27-12-10-23/h1-3,7,13-14H,4-6,8-12,15H2,(H,22,25). The van der Waals surface area contributed by atoms with Crippen molar-refractivity contribution in [2.24, 2.45) is 0 Å². The molecule has 3 heterocycles. The molecule has 2 aromatic rings. The lowest BCUT2D eigenvalue weighted by atomic mass is 10.1.